The molecule has 53 heavy (non-hydrogen) atoms. The maximum atomic E-state index is 14.6. The zero-order valence-electron chi connectivity index (χ0n) is 30.6. The first kappa shape index (κ1) is 38.7. The molecule has 0 spiro atoms. The minimum absolute atomic E-state index is 0.251. The number of Topliss-reactive ketones (excluding diaryl/α,β-unsaturated/α-hetero) is 1. The molecule has 0 radical (unpaired) electrons. The Hall–Kier alpha value is -5.48. The fourth-order valence-corrected chi connectivity index (χ4v) is 7.12. The summed E-state index contributed by atoms with van der Waals surface area (Å²) in [6, 6.07) is 33.7. The van der Waals surface area contributed by atoms with Gasteiger partial charge in [-0.1, -0.05) is 74.5 Å². The third kappa shape index (κ3) is 10.1. The molecule has 10 heteroatoms. The number of carboxylic acid groups (broad SMARTS) is 1. The van der Waals surface area contributed by atoms with Crippen LogP contribution in [0.5, 0.6) is 23.0 Å². The summed E-state index contributed by atoms with van der Waals surface area (Å²) in [6.07, 6.45) is 0.879. The molecule has 1 fully saturated rings. The topological polar surface area (TPSA) is 123 Å². The number of ketones is 1. The van der Waals surface area contributed by atoms with Gasteiger partial charge in [0.15, 0.2) is 5.78 Å². The summed E-state index contributed by atoms with van der Waals surface area (Å²) in [7, 11) is 1.38. The molecule has 4 aromatic rings. The van der Waals surface area contributed by atoms with Gasteiger partial charge in [-0.05, 0) is 78.4 Å². The number of carbonyl (C=O) groups is 4. The first-order chi connectivity index (χ1) is 25.7. The van der Waals surface area contributed by atoms with Crippen LogP contribution in [0.15, 0.2) is 109 Å². The second kappa shape index (κ2) is 18.8. The number of ether oxygens (including phenoxy) is 3. The molecule has 4 atom stereocenters. The quantitative estimate of drug-likeness (QED) is 0.105. The van der Waals surface area contributed by atoms with E-state index in [-0.39, 0.29) is 37.3 Å². The number of amides is 2. The Morgan fingerprint density at radius 3 is 1.40 bits per heavy atom. The van der Waals surface area contributed by atoms with E-state index in [1.807, 2.05) is 123 Å². The Kier molecular flexibility index (Phi) is 13.8. The number of hydrogen-bond acceptors (Lipinski definition) is 7. The lowest BCUT2D eigenvalue weighted by atomic mass is 9.53. The molecule has 1 aliphatic rings. The SMILES string of the molecule is CCCN(Cc1ccc(Oc2ccccc2)cc1)C(=O)C1C(CC(=O)O)C(C(=O)COC)C1C(=O)N(CCC)Cc1ccc(Oc2ccccc2)cc1. The van der Waals surface area contributed by atoms with Crippen molar-refractivity contribution in [3.8, 4) is 23.0 Å². The Balaban J connectivity index is 1.39. The van der Waals surface area contributed by atoms with Crippen LogP contribution in [0.1, 0.15) is 44.2 Å². The number of nitrogens with zero attached hydrogens (tertiary/aromatic N) is 2. The summed E-state index contributed by atoms with van der Waals surface area (Å²) in [6.45, 7) is 4.93. The van der Waals surface area contributed by atoms with Crippen molar-refractivity contribution in [1.29, 1.82) is 0 Å². The van der Waals surface area contributed by atoms with E-state index in [2.05, 4.69) is 0 Å². The van der Waals surface area contributed by atoms with Gasteiger partial charge in [-0.2, -0.15) is 0 Å². The van der Waals surface area contributed by atoms with Crippen LogP contribution in [-0.4, -0.2) is 65.3 Å². The maximum Gasteiger partial charge on any atom is 0.303 e. The Morgan fingerprint density at radius 1 is 0.585 bits per heavy atom. The molecule has 10 nitrogen and oxygen atoms in total. The van der Waals surface area contributed by atoms with Gasteiger partial charge in [0.25, 0.3) is 0 Å². The molecule has 5 rings (SSSR count). The molecule has 1 saturated carbocycles. The average Bonchev–Trinajstić information content (AvgIpc) is 3.15. The monoisotopic (exact) mass is 720 g/mol. The van der Waals surface area contributed by atoms with E-state index in [4.69, 9.17) is 14.2 Å². The van der Waals surface area contributed by atoms with Gasteiger partial charge in [0.05, 0.1) is 11.8 Å². The second-order valence-electron chi connectivity index (χ2n) is 13.4. The normalized spacial score (nSPS) is 17.6. The van der Waals surface area contributed by atoms with Crippen molar-refractivity contribution < 1.29 is 38.5 Å². The highest BCUT2D eigenvalue weighted by Crippen LogP contribution is 2.51. The Bertz CT molecular complexity index is 1800. The van der Waals surface area contributed by atoms with Gasteiger partial charge >= 0.3 is 5.97 Å². The highest BCUT2D eigenvalue weighted by molar-refractivity contribution is 5.98. The number of rotatable bonds is 19. The third-order valence-corrected chi connectivity index (χ3v) is 9.50. The zero-order chi connectivity index (χ0) is 37.7. The molecular formula is C43H48N2O8. The van der Waals surface area contributed by atoms with Crippen molar-refractivity contribution >= 4 is 23.6 Å². The van der Waals surface area contributed by atoms with Gasteiger partial charge < -0.3 is 29.1 Å². The van der Waals surface area contributed by atoms with Crippen LogP contribution in [0.2, 0.25) is 0 Å². The van der Waals surface area contributed by atoms with Crippen LogP contribution in [0.3, 0.4) is 0 Å². The zero-order valence-corrected chi connectivity index (χ0v) is 30.6. The van der Waals surface area contributed by atoms with Crippen LogP contribution >= 0.6 is 0 Å². The average molecular weight is 721 g/mol. The lowest BCUT2D eigenvalue weighted by Gasteiger charge is -2.51. The van der Waals surface area contributed by atoms with Crippen LogP contribution in [0.25, 0.3) is 0 Å². The number of aliphatic carboxylic acids is 1. The van der Waals surface area contributed by atoms with E-state index in [0.29, 0.717) is 48.9 Å². The Morgan fingerprint density at radius 2 is 1.00 bits per heavy atom. The van der Waals surface area contributed by atoms with Crippen molar-refractivity contribution in [3.63, 3.8) is 0 Å². The molecule has 4 unspecified atom stereocenters. The molecule has 0 aliphatic heterocycles. The molecule has 0 heterocycles. The van der Waals surface area contributed by atoms with E-state index in [9.17, 15) is 24.3 Å². The maximum absolute atomic E-state index is 14.6. The minimum atomic E-state index is -1.13. The lowest BCUT2D eigenvalue weighted by molar-refractivity contribution is -0.175. The van der Waals surface area contributed by atoms with Gasteiger partial charge in [-0.25, -0.2) is 0 Å². The third-order valence-electron chi connectivity index (χ3n) is 9.50. The summed E-state index contributed by atoms with van der Waals surface area (Å²) < 4.78 is 17.0. The standard InChI is InChI=1S/C43H48N2O8/c1-4-24-44(27-30-16-20-34(21-17-30)52-32-12-8-6-9-13-32)42(49)40-36(26-38(47)48)39(37(46)29-51-3)41(40)43(50)45(25-5-2)28-31-18-22-35(23-19-31)53-33-14-10-7-11-15-33/h6-23,36,39-41H,4-5,24-29H2,1-3H3,(H,47,48). The fraction of sp³-hybridized carbons (Fsp3) is 0.349. The molecule has 1 N–H and O–H groups in total. The predicted molar refractivity (Wildman–Crippen MR) is 200 cm³/mol. The summed E-state index contributed by atoms with van der Waals surface area (Å²) in [5.41, 5.74) is 1.70. The van der Waals surface area contributed by atoms with Crippen molar-refractivity contribution in [2.75, 3.05) is 26.8 Å². The van der Waals surface area contributed by atoms with Crippen LogP contribution in [0.4, 0.5) is 0 Å². The summed E-state index contributed by atoms with van der Waals surface area (Å²) in [5, 5.41) is 9.93. The predicted octanol–water partition coefficient (Wildman–Crippen LogP) is 7.62. The lowest BCUT2D eigenvalue weighted by Crippen LogP contribution is -2.63. The van der Waals surface area contributed by atoms with Crippen LogP contribution in [0, 0.1) is 23.7 Å². The van der Waals surface area contributed by atoms with Gasteiger partial charge in [-0.15, -0.1) is 0 Å². The number of carbonyl (C=O) groups excluding carboxylic acids is 3. The smallest absolute Gasteiger partial charge is 0.303 e. The first-order valence-corrected chi connectivity index (χ1v) is 18.2. The van der Waals surface area contributed by atoms with Crippen LogP contribution in [-0.2, 0) is 37.0 Å². The highest BCUT2D eigenvalue weighted by Gasteiger charge is 2.61. The summed E-state index contributed by atoms with van der Waals surface area (Å²) in [5.74, 6) is -3.31. The van der Waals surface area contributed by atoms with E-state index in [1.165, 1.54) is 7.11 Å². The molecule has 4 aromatic carbocycles. The molecule has 1 aliphatic carbocycles. The van der Waals surface area contributed by atoms with Crippen molar-refractivity contribution in [2.24, 2.45) is 23.7 Å². The highest BCUT2D eigenvalue weighted by atomic mass is 16.5. The largest absolute Gasteiger partial charge is 0.481 e. The fourth-order valence-electron chi connectivity index (χ4n) is 7.12. The van der Waals surface area contributed by atoms with Crippen molar-refractivity contribution in [1.82, 2.24) is 9.80 Å². The van der Waals surface area contributed by atoms with Gasteiger partial charge in [0.2, 0.25) is 11.8 Å². The van der Waals surface area contributed by atoms with Gasteiger partial charge in [0.1, 0.15) is 29.6 Å². The molecule has 0 aromatic heterocycles. The molecule has 278 valence electrons. The number of benzene rings is 4. The summed E-state index contributed by atoms with van der Waals surface area (Å²) >= 11 is 0. The van der Waals surface area contributed by atoms with E-state index in [0.717, 1.165) is 11.1 Å². The minimum Gasteiger partial charge on any atom is -0.481 e. The molecule has 0 saturated heterocycles. The van der Waals surface area contributed by atoms with Gasteiger partial charge in [0, 0.05) is 45.6 Å². The summed E-state index contributed by atoms with van der Waals surface area (Å²) in [4.78, 5) is 58.2. The number of carboxylic acids is 1. The number of methoxy groups -OCH3 is 1. The molecule has 0 bridgehead atoms. The number of para-hydroxylation sites is 2. The van der Waals surface area contributed by atoms with E-state index < -0.39 is 36.1 Å². The Labute approximate surface area is 311 Å². The molecular weight excluding hydrogens is 672 g/mol. The van der Waals surface area contributed by atoms with E-state index >= 15 is 0 Å². The van der Waals surface area contributed by atoms with Crippen LogP contribution < -0.4 is 9.47 Å². The van der Waals surface area contributed by atoms with Crippen molar-refractivity contribution in [2.45, 2.75) is 46.2 Å². The first-order valence-electron chi connectivity index (χ1n) is 18.2. The van der Waals surface area contributed by atoms with Crippen molar-refractivity contribution in [3.05, 3.63) is 120 Å². The second-order valence-corrected chi connectivity index (χ2v) is 13.4. The van der Waals surface area contributed by atoms with Gasteiger partial charge in [-0.3, -0.25) is 19.2 Å². The molecule has 2 amide bonds. The van der Waals surface area contributed by atoms with E-state index in [1.54, 1.807) is 9.80 Å². The number of hydrogen-bond donors (Lipinski definition) is 1.